The van der Waals surface area contributed by atoms with Crippen LogP contribution in [0.1, 0.15) is 17.3 Å². The highest BCUT2D eigenvalue weighted by molar-refractivity contribution is 6.17. The van der Waals surface area contributed by atoms with Crippen molar-refractivity contribution in [3.63, 3.8) is 0 Å². The van der Waals surface area contributed by atoms with Crippen molar-refractivity contribution in [2.75, 3.05) is 13.7 Å². The van der Waals surface area contributed by atoms with Gasteiger partial charge in [-0.2, -0.15) is 4.39 Å². The van der Waals surface area contributed by atoms with Gasteiger partial charge < -0.3 is 14.3 Å². The van der Waals surface area contributed by atoms with Gasteiger partial charge in [0.25, 0.3) is 0 Å². The highest BCUT2D eigenvalue weighted by Gasteiger charge is 2.33. The summed E-state index contributed by atoms with van der Waals surface area (Å²) in [5, 5.41) is 0. The average Bonchev–Trinajstić information content (AvgIpc) is 2.44. The number of benzene rings is 1. The molecule has 21 heavy (non-hydrogen) atoms. The van der Waals surface area contributed by atoms with Gasteiger partial charge in [0.2, 0.25) is 5.82 Å². The highest BCUT2D eigenvalue weighted by atomic mass is 19.2. The van der Waals surface area contributed by atoms with Gasteiger partial charge in [-0.3, -0.25) is 9.59 Å². The van der Waals surface area contributed by atoms with Gasteiger partial charge in [0.1, 0.15) is 6.29 Å². The van der Waals surface area contributed by atoms with E-state index in [1.54, 1.807) is 0 Å². The molecule has 0 aliphatic heterocycles. The van der Waals surface area contributed by atoms with Crippen LogP contribution in [0.2, 0.25) is 0 Å². The Morgan fingerprint density at radius 1 is 1.29 bits per heavy atom. The molecule has 1 rings (SSSR count). The molecule has 1 atom stereocenters. The number of aldehydes is 1. The van der Waals surface area contributed by atoms with Crippen molar-refractivity contribution in [3.8, 4) is 5.75 Å². The number of hydrogen-bond acceptors (Lipinski definition) is 5. The zero-order valence-corrected chi connectivity index (χ0v) is 11.1. The predicted octanol–water partition coefficient (Wildman–Crippen LogP) is 1.67. The predicted molar refractivity (Wildman–Crippen MR) is 63.4 cm³/mol. The molecule has 0 saturated heterocycles. The quantitative estimate of drug-likeness (QED) is 0.263. The van der Waals surface area contributed by atoms with Crippen LogP contribution in [0.5, 0.6) is 5.75 Å². The van der Waals surface area contributed by atoms with Crippen LogP contribution in [0, 0.1) is 23.4 Å². The Morgan fingerprint density at radius 3 is 2.38 bits per heavy atom. The average molecular weight is 304 g/mol. The van der Waals surface area contributed by atoms with E-state index in [4.69, 9.17) is 0 Å². The van der Waals surface area contributed by atoms with E-state index in [0.29, 0.717) is 0 Å². The summed E-state index contributed by atoms with van der Waals surface area (Å²) in [4.78, 5) is 34.1. The molecule has 0 aliphatic carbocycles. The SMILES string of the molecule is CCOC(=O)C(C=O)C(=O)c1cc(F)c(F)c(OC)c1F. The van der Waals surface area contributed by atoms with Gasteiger partial charge in [-0.15, -0.1) is 0 Å². The third-order valence-corrected chi connectivity index (χ3v) is 2.54. The van der Waals surface area contributed by atoms with Gasteiger partial charge in [-0.05, 0) is 13.0 Å². The topological polar surface area (TPSA) is 69.7 Å². The van der Waals surface area contributed by atoms with E-state index in [-0.39, 0.29) is 19.0 Å². The summed E-state index contributed by atoms with van der Waals surface area (Å²) >= 11 is 0. The first-order valence-electron chi connectivity index (χ1n) is 5.76. The maximum absolute atomic E-state index is 13.9. The second-order valence-corrected chi connectivity index (χ2v) is 3.80. The molecule has 1 aromatic carbocycles. The molecule has 0 N–H and O–H groups in total. The molecule has 0 bridgehead atoms. The van der Waals surface area contributed by atoms with E-state index in [9.17, 15) is 27.6 Å². The van der Waals surface area contributed by atoms with Gasteiger partial charge in [0.15, 0.2) is 29.1 Å². The molecule has 0 aromatic heterocycles. The van der Waals surface area contributed by atoms with E-state index in [1.165, 1.54) is 6.92 Å². The number of hydrogen-bond donors (Lipinski definition) is 0. The van der Waals surface area contributed by atoms with Crippen molar-refractivity contribution in [1.82, 2.24) is 0 Å². The molecule has 114 valence electrons. The lowest BCUT2D eigenvalue weighted by atomic mass is 9.98. The minimum Gasteiger partial charge on any atom is -0.491 e. The fraction of sp³-hybridized carbons (Fsp3) is 0.308. The highest BCUT2D eigenvalue weighted by Crippen LogP contribution is 2.28. The Kier molecular flexibility index (Phi) is 5.45. The Labute approximate surface area is 117 Å². The van der Waals surface area contributed by atoms with Crippen molar-refractivity contribution in [2.45, 2.75) is 6.92 Å². The Balaban J connectivity index is 3.32. The van der Waals surface area contributed by atoms with Crippen molar-refractivity contribution < 1.29 is 37.0 Å². The molecule has 0 amide bonds. The molecule has 0 aliphatic rings. The molecule has 0 radical (unpaired) electrons. The number of halogens is 3. The van der Waals surface area contributed by atoms with E-state index >= 15 is 0 Å². The van der Waals surface area contributed by atoms with Crippen molar-refractivity contribution in [3.05, 3.63) is 29.1 Å². The summed E-state index contributed by atoms with van der Waals surface area (Å²) in [5.41, 5.74) is -0.976. The lowest BCUT2D eigenvalue weighted by Crippen LogP contribution is -2.28. The maximum atomic E-state index is 13.9. The number of rotatable bonds is 6. The molecule has 1 unspecified atom stereocenters. The van der Waals surface area contributed by atoms with Gasteiger partial charge in [0.05, 0.1) is 19.3 Å². The Morgan fingerprint density at radius 2 is 1.90 bits per heavy atom. The third-order valence-electron chi connectivity index (χ3n) is 2.54. The number of esters is 1. The molecule has 0 spiro atoms. The van der Waals surface area contributed by atoms with Gasteiger partial charge in [-0.25, -0.2) is 8.78 Å². The number of methoxy groups -OCH3 is 1. The molecule has 0 fully saturated rings. The van der Waals surface area contributed by atoms with Gasteiger partial charge in [-0.1, -0.05) is 0 Å². The molecule has 8 heteroatoms. The van der Waals surface area contributed by atoms with Crippen LogP contribution in [0.15, 0.2) is 6.07 Å². The largest absolute Gasteiger partial charge is 0.491 e. The number of ketones is 1. The smallest absolute Gasteiger partial charge is 0.324 e. The van der Waals surface area contributed by atoms with E-state index in [1.807, 2.05) is 0 Å². The van der Waals surface area contributed by atoms with Crippen LogP contribution in [0.3, 0.4) is 0 Å². The monoisotopic (exact) mass is 304 g/mol. The fourth-order valence-electron chi connectivity index (χ4n) is 1.56. The normalized spacial score (nSPS) is 11.7. The van der Waals surface area contributed by atoms with Gasteiger partial charge >= 0.3 is 5.97 Å². The summed E-state index contributed by atoms with van der Waals surface area (Å²) in [6.45, 7) is 1.32. The molecule has 0 saturated carbocycles. The van der Waals surface area contributed by atoms with E-state index in [2.05, 4.69) is 9.47 Å². The van der Waals surface area contributed by atoms with E-state index < -0.39 is 46.4 Å². The van der Waals surface area contributed by atoms with Crippen LogP contribution in [0.4, 0.5) is 13.2 Å². The summed E-state index contributed by atoms with van der Waals surface area (Å²) < 4.78 is 49.2. The zero-order chi connectivity index (χ0) is 16.2. The van der Waals surface area contributed by atoms with Crippen molar-refractivity contribution in [2.24, 2.45) is 5.92 Å². The standard InChI is InChI=1S/C13H11F3O5/c1-3-21-13(19)7(5-17)11(18)6-4-8(14)10(16)12(20-2)9(6)15/h4-5,7H,3H2,1-2H3. The van der Waals surface area contributed by atoms with Crippen molar-refractivity contribution in [1.29, 1.82) is 0 Å². The number of carbonyl (C=O) groups is 3. The minimum absolute atomic E-state index is 0.0620. The first kappa shape index (κ1) is 16.7. The first-order valence-corrected chi connectivity index (χ1v) is 5.76. The summed E-state index contributed by atoms with van der Waals surface area (Å²) in [6, 6.07) is 0.255. The molecular formula is C13H11F3O5. The van der Waals surface area contributed by atoms with Crippen LogP contribution >= 0.6 is 0 Å². The molecule has 5 nitrogen and oxygen atoms in total. The minimum atomic E-state index is -1.96. The molecule has 1 aromatic rings. The molecular weight excluding hydrogens is 293 g/mol. The number of ether oxygens (including phenoxy) is 2. The lowest BCUT2D eigenvalue weighted by molar-refractivity contribution is -0.147. The van der Waals surface area contributed by atoms with Crippen LogP contribution < -0.4 is 4.74 Å². The summed E-state index contributed by atoms with van der Waals surface area (Å²) in [6.07, 6.45) is -0.0620. The number of Topliss-reactive ketones (excluding diaryl/α,β-unsaturated/α-hetero) is 1. The van der Waals surface area contributed by atoms with Gasteiger partial charge in [0, 0.05) is 0 Å². The van der Waals surface area contributed by atoms with Crippen molar-refractivity contribution >= 4 is 18.0 Å². The van der Waals surface area contributed by atoms with Crippen LogP contribution in [-0.4, -0.2) is 31.8 Å². The summed E-state index contributed by atoms with van der Waals surface area (Å²) in [7, 11) is 0.873. The lowest BCUT2D eigenvalue weighted by Gasteiger charge is -2.12. The second-order valence-electron chi connectivity index (χ2n) is 3.80. The Bertz CT molecular complexity index is 586. The third kappa shape index (κ3) is 3.21. The first-order chi connectivity index (χ1) is 9.88. The Hall–Kier alpha value is -2.38. The van der Waals surface area contributed by atoms with E-state index in [0.717, 1.165) is 7.11 Å². The number of carbonyl (C=O) groups excluding carboxylic acids is 3. The van der Waals surface area contributed by atoms with Crippen LogP contribution in [-0.2, 0) is 14.3 Å². The molecule has 0 heterocycles. The fourth-order valence-corrected chi connectivity index (χ4v) is 1.56. The maximum Gasteiger partial charge on any atom is 0.324 e. The van der Waals surface area contributed by atoms with Crippen LogP contribution in [0.25, 0.3) is 0 Å². The second kappa shape index (κ2) is 6.87. The zero-order valence-electron chi connectivity index (χ0n) is 11.1. The summed E-state index contributed by atoms with van der Waals surface area (Å²) in [5.74, 6) is -10.3.